The van der Waals surface area contributed by atoms with E-state index in [9.17, 15) is 14.4 Å². The van der Waals surface area contributed by atoms with Crippen molar-refractivity contribution in [1.82, 2.24) is 10.2 Å². The highest BCUT2D eigenvalue weighted by atomic mass is 35.5. The molecule has 0 radical (unpaired) electrons. The van der Waals surface area contributed by atoms with Gasteiger partial charge in [0.15, 0.2) is 0 Å². The highest BCUT2D eigenvalue weighted by molar-refractivity contribution is 6.43. The summed E-state index contributed by atoms with van der Waals surface area (Å²) in [6.07, 6.45) is 2.51. The first-order chi connectivity index (χ1) is 12.7. The third-order valence-electron chi connectivity index (χ3n) is 4.62. The molecule has 1 atom stereocenters. The van der Waals surface area contributed by atoms with Gasteiger partial charge in [-0.05, 0) is 43.9 Å². The van der Waals surface area contributed by atoms with E-state index < -0.39 is 12.0 Å². The van der Waals surface area contributed by atoms with Gasteiger partial charge in [-0.2, -0.15) is 0 Å². The van der Waals surface area contributed by atoms with Gasteiger partial charge in [0.05, 0.1) is 10.0 Å². The van der Waals surface area contributed by atoms with E-state index in [2.05, 4.69) is 5.32 Å². The number of carboxylic acids is 1. The molecule has 1 aromatic rings. The number of rotatable bonds is 5. The number of nitrogens with zero attached hydrogens (tertiary/aromatic N) is 1. The second kappa shape index (κ2) is 9.24. The minimum absolute atomic E-state index is 0.152. The summed E-state index contributed by atoms with van der Waals surface area (Å²) in [4.78, 5) is 37.1. The van der Waals surface area contributed by atoms with E-state index in [1.807, 2.05) is 0 Å². The molecule has 2 rings (SSSR count). The Morgan fingerprint density at radius 1 is 1.26 bits per heavy atom. The van der Waals surface area contributed by atoms with Crippen LogP contribution in [0.5, 0.6) is 0 Å². The molecule has 1 heterocycles. The predicted molar refractivity (Wildman–Crippen MR) is 105 cm³/mol. The summed E-state index contributed by atoms with van der Waals surface area (Å²) in [5.41, 5.74) is 1.41. The zero-order chi connectivity index (χ0) is 20.1. The van der Waals surface area contributed by atoms with Crippen LogP contribution in [0.15, 0.2) is 24.3 Å². The summed E-state index contributed by atoms with van der Waals surface area (Å²) in [5.74, 6) is -1.80. The van der Waals surface area contributed by atoms with E-state index in [1.54, 1.807) is 30.0 Å². The van der Waals surface area contributed by atoms with Gasteiger partial charge >= 0.3 is 5.97 Å². The van der Waals surface area contributed by atoms with Crippen LogP contribution in [0.1, 0.15) is 32.3 Å². The third-order valence-corrected chi connectivity index (χ3v) is 5.44. The number of benzene rings is 1. The fourth-order valence-electron chi connectivity index (χ4n) is 2.92. The van der Waals surface area contributed by atoms with E-state index in [-0.39, 0.29) is 17.7 Å². The molecule has 27 heavy (non-hydrogen) atoms. The van der Waals surface area contributed by atoms with Crippen LogP contribution >= 0.6 is 23.2 Å². The van der Waals surface area contributed by atoms with Crippen molar-refractivity contribution in [3.8, 4) is 0 Å². The van der Waals surface area contributed by atoms with Gasteiger partial charge in [-0.3, -0.25) is 14.4 Å². The van der Waals surface area contributed by atoms with Crippen molar-refractivity contribution in [3.05, 3.63) is 39.9 Å². The molecule has 0 aliphatic carbocycles. The van der Waals surface area contributed by atoms with Crippen molar-refractivity contribution >= 4 is 46.6 Å². The number of hydrogen-bond acceptors (Lipinski definition) is 3. The van der Waals surface area contributed by atoms with Crippen LogP contribution in [-0.4, -0.2) is 46.9 Å². The van der Waals surface area contributed by atoms with Gasteiger partial charge in [-0.25, -0.2) is 0 Å². The van der Waals surface area contributed by atoms with Crippen LogP contribution in [0.4, 0.5) is 0 Å². The van der Waals surface area contributed by atoms with E-state index in [1.165, 1.54) is 13.0 Å². The molecule has 2 N–H and O–H groups in total. The highest BCUT2D eigenvalue weighted by Gasteiger charge is 2.28. The topological polar surface area (TPSA) is 86.7 Å². The Balaban J connectivity index is 1.95. The molecular weight excluding hydrogens is 391 g/mol. The van der Waals surface area contributed by atoms with Crippen LogP contribution in [0, 0.1) is 5.92 Å². The quantitative estimate of drug-likeness (QED) is 0.726. The molecule has 0 unspecified atom stereocenters. The average Bonchev–Trinajstić information content (AvgIpc) is 2.63. The molecule has 1 aromatic carbocycles. The molecule has 146 valence electrons. The third kappa shape index (κ3) is 5.47. The predicted octanol–water partition coefficient (Wildman–Crippen LogP) is 3.22. The van der Waals surface area contributed by atoms with Gasteiger partial charge in [0.25, 0.3) is 0 Å². The van der Waals surface area contributed by atoms with Crippen molar-refractivity contribution in [1.29, 1.82) is 0 Å². The Morgan fingerprint density at radius 2 is 1.89 bits per heavy atom. The molecule has 0 spiro atoms. The second-order valence-corrected chi connectivity index (χ2v) is 7.38. The molecule has 6 nitrogen and oxygen atoms in total. The minimum Gasteiger partial charge on any atom is -0.480 e. The van der Waals surface area contributed by atoms with Crippen molar-refractivity contribution in [2.45, 2.75) is 32.7 Å². The number of amides is 2. The summed E-state index contributed by atoms with van der Waals surface area (Å²) < 4.78 is 0. The van der Waals surface area contributed by atoms with Crippen LogP contribution in [0.3, 0.4) is 0 Å². The number of aliphatic carboxylic acids is 1. The lowest BCUT2D eigenvalue weighted by Gasteiger charge is -2.31. The Bertz CT molecular complexity index is 771. The molecular formula is C19H22Cl2N2O4. The van der Waals surface area contributed by atoms with Gasteiger partial charge < -0.3 is 15.3 Å². The van der Waals surface area contributed by atoms with E-state index in [4.69, 9.17) is 28.3 Å². The first kappa shape index (κ1) is 21.3. The standard InChI is InChI=1S/C19H22Cl2N2O4/c1-11(14-4-3-5-15(20)17(14)21)10-16(24)23-8-6-13(7-9-23)18(25)22-12(2)19(26)27/h3-5,10,12-13H,6-9H2,1-2H3,(H,22,25)(H,26,27)/b11-10+/t12-/m0/s1. The van der Waals surface area contributed by atoms with Crippen molar-refractivity contribution < 1.29 is 19.5 Å². The fourth-order valence-corrected chi connectivity index (χ4v) is 3.37. The van der Waals surface area contributed by atoms with Gasteiger partial charge in [-0.15, -0.1) is 0 Å². The largest absolute Gasteiger partial charge is 0.480 e. The molecule has 2 amide bonds. The van der Waals surface area contributed by atoms with Crippen LogP contribution in [0.25, 0.3) is 5.57 Å². The van der Waals surface area contributed by atoms with Crippen molar-refractivity contribution in [2.75, 3.05) is 13.1 Å². The molecule has 8 heteroatoms. The first-order valence-electron chi connectivity index (χ1n) is 8.65. The lowest BCUT2D eigenvalue weighted by atomic mass is 9.95. The molecule has 1 saturated heterocycles. The molecule has 0 bridgehead atoms. The number of carbonyl (C=O) groups excluding carboxylic acids is 2. The normalized spacial score (nSPS) is 16.7. The smallest absolute Gasteiger partial charge is 0.325 e. The van der Waals surface area contributed by atoms with Crippen LogP contribution in [0.2, 0.25) is 10.0 Å². The summed E-state index contributed by atoms with van der Waals surface area (Å²) in [5, 5.41) is 12.2. The molecule has 1 fully saturated rings. The van der Waals surface area contributed by atoms with Crippen molar-refractivity contribution in [3.63, 3.8) is 0 Å². The molecule has 0 aromatic heterocycles. The number of likely N-dealkylation sites (tertiary alicyclic amines) is 1. The van der Waals surface area contributed by atoms with Crippen LogP contribution < -0.4 is 5.32 Å². The molecule has 0 saturated carbocycles. The number of nitrogens with one attached hydrogen (secondary N) is 1. The summed E-state index contributed by atoms with van der Waals surface area (Å²) in [6.45, 7) is 4.09. The summed E-state index contributed by atoms with van der Waals surface area (Å²) in [6, 6.07) is 4.33. The minimum atomic E-state index is -1.07. The van der Waals surface area contributed by atoms with Crippen molar-refractivity contribution in [2.24, 2.45) is 5.92 Å². The number of carbonyl (C=O) groups is 3. The van der Waals surface area contributed by atoms with Gasteiger partial charge in [0.1, 0.15) is 6.04 Å². The first-order valence-corrected chi connectivity index (χ1v) is 9.41. The van der Waals surface area contributed by atoms with E-state index in [0.29, 0.717) is 47.1 Å². The number of carboxylic acid groups (broad SMARTS) is 1. The Morgan fingerprint density at radius 3 is 2.48 bits per heavy atom. The maximum atomic E-state index is 12.5. The Kier molecular flexibility index (Phi) is 7.27. The lowest BCUT2D eigenvalue weighted by molar-refractivity contribution is -0.142. The zero-order valence-electron chi connectivity index (χ0n) is 15.2. The van der Waals surface area contributed by atoms with Gasteiger partial charge in [0, 0.05) is 25.1 Å². The number of hydrogen-bond donors (Lipinski definition) is 2. The zero-order valence-corrected chi connectivity index (χ0v) is 16.7. The number of piperidine rings is 1. The lowest BCUT2D eigenvalue weighted by Crippen LogP contribution is -2.46. The summed E-state index contributed by atoms with van der Waals surface area (Å²) in [7, 11) is 0. The Labute approximate surface area is 168 Å². The highest BCUT2D eigenvalue weighted by Crippen LogP contribution is 2.30. The summed E-state index contributed by atoms with van der Waals surface area (Å²) >= 11 is 12.2. The number of halogens is 2. The van der Waals surface area contributed by atoms with Crippen LogP contribution in [-0.2, 0) is 14.4 Å². The monoisotopic (exact) mass is 412 g/mol. The Hall–Kier alpha value is -2.05. The average molecular weight is 413 g/mol. The second-order valence-electron chi connectivity index (χ2n) is 6.60. The maximum absolute atomic E-state index is 12.5. The number of allylic oxidation sites excluding steroid dienone is 1. The van der Waals surface area contributed by atoms with E-state index >= 15 is 0 Å². The fraction of sp³-hybridized carbons (Fsp3) is 0.421. The molecule has 1 aliphatic heterocycles. The maximum Gasteiger partial charge on any atom is 0.325 e. The molecule has 1 aliphatic rings. The van der Waals surface area contributed by atoms with Gasteiger partial charge in [0.2, 0.25) is 11.8 Å². The SMILES string of the molecule is C/C(=C\C(=O)N1CCC(C(=O)N[C@@H](C)C(=O)O)CC1)c1cccc(Cl)c1Cl. The van der Waals surface area contributed by atoms with Gasteiger partial charge in [-0.1, -0.05) is 35.3 Å². The van der Waals surface area contributed by atoms with E-state index in [0.717, 1.165) is 0 Å².